The van der Waals surface area contributed by atoms with Crippen molar-refractivity contribution in [3.8, 4) is 0 Å². The van der Waals surface area contributed by atoms with Crippen LogP contribution in [0, 0.1) is 0 Å². The Morgan fingerprint density at radius 1 is 0.585 bits per heavy atom. The molecular formula is C44H84NO7P. The maximum absolute atomic E-state index is 12.6. The lowest BCUT2D eigenvalue weighted by molar-refractivity contribution is -0.870. The van der Waals surface area contributed by atoms with Gasteiger partial charge in [-0.05, 0) is 64.2 Å². The zero-order valence-corrected chi connectivity index (χ0v) is 36.1. The molecule has 2 atom stereocenters. The fraction of sp³-hybridized carbons (Fsp3) is 0.841. The van der Waals surface area contributed by atoms with Crippen LogP contribution in [0.5, 0.6) is 0 Å². The summed E-state index contributed by atoms with van der Waals surface area (Å²) in [5, 5.41) is 0. The van der Waals surface area contributed by atoms with E-state index in [1.54, 1.807) is 0 Å². The Kier molecular flexibility index (Phi) is 36.7. The Morgan fingerprint density at radius 3 is 1.62 bits per heavy atom. The van der Waals surface area contributed by atoms with Crippen molar-refractivity contribution in [2.45, 2.75) is 187 Å². The summed E-state index contributed by atoms with van der Waals surface area (Å²) >= 11 is 0. The number of quaternary nitrogens is 1. The van der Waals surface area contributed by atoms with Gasteiger partial charge in [-0.25, -0.2) is 0 Å². The Bertz CT molecular complexity index is 947. The van der Waals surface area contributed by atoms with Crippen molar-refractivity contribution in [2.75, 3.05) is 54.1 Å². The van der Waals surface area contributed by atoms with E-state index >= 15 is 0 Å². The fourth-order valence-corrected chi connectivity index (χ4v) is 6.48. The maximum Gasteiger partial charge on any atom is 0.306 e. The zero-order chi connectivity index (χ0) is 39.1. The Hall–Kier alpha value is -1.28. The first-order chi connectivity index (χ1) is 25.6. The molecule has 0 aliphatic carbocycles. The second kappa shape index (κ2) is 37.6. The molecule has 2 unspecified atom stereocenters. The van der Waals surface area contributed by atoms with Crippen molar-refractivity contribution in [3.05, 3.63) is 36.5 Å². The highest BCUT2D eigenvalue weighted by molar-refractivity contribution is 7.45. The Morgan fingerprint density at radius 2 is 1.08 bits per heavy atom. The van der Waals surface area contributed by atoms with Crippen molar-refractivity contribution in [1.82, 2.24) is 0 Å². The highest BCUT2D eigenvalue weighted by Gasteiger charge is 2.20. The number of hydrogen-bond acceptors (Lipinski definition) is 7. The molecule has 0 fully saturated rings. The lowest BCUT2D eigenvalue weighted by Crippen LogP contribution is -2.37. The van der Waals surface area contributed by atoms with Gasteiger partial charge in [-0.15, -0.1) is 0 Å². The number of likely N-dealkylation sites (N-methyl/N-ethyl adjacent to an activating group) is 1. The smallest absolute Gasteiger partial charge is 0.306 e. The molecule has 0 aromatic rings. The summed E-state index contributed by atoms with van der Waals surface area (Å²) < 4.78 is 34.5. The maximum atomic E-state index is 12.6. The molecule has 0 radical (unpaired) electrons. The van der Waals surface area contributed by atoms with Crippen LogP contribution in [0.2, 0.25) is 0 Å². The largest absolute Gasteiger partial charge is 0.756 e. The van der Waals surface area contributed by atoms with Crippen LogP contribution in [0.1, 0.15) is 181 Å². The van der Waals surface area contributed by atoms with Gasteiger partial charge in [0.25, 0.3) is 7.82 Å². The number of carbonyl (C=O) groups is 1. The average Bonchev–Trinajstić information content (AvgIpc) is 3.11. The third-order valence-corrected chi connectivity index (χ3v) is 10.1. The summed E-state index contributed by atoms with van der Waals surface area (Å²) in [6, 6.07) is 0. The van der Waals surface area contributed by atoms with Gasteiger partial charge >= 0.3 is 5.97 Å². The SMILES string of the molecule is CCC/C=C\C/C=C\CCCCCCCC(=O)OC(COCCCCCCCCCC/C=C\CCCCCCCC)COP(=O)([O-])OCC[N+](C)(C)C. The average molecular weight is 770 g/mol. The number of rotatable bonds is 40. The minimum atomic E-state index is -4.53. The van der Waals surface area contributed by atoms with E-state index in [0.29, 0.717) is 24.1 Å². The molecule has 0 saturated carbocycles. The molecule has 0 amide bonds. The lowest BCUT2D eigenvalue weighted by Gasteiger charge is -2.28. The number of phosphoric ester groups is 1. The molecule has 0 N–H and O–H groups in total. The third-order valence-electron chi connectivity index (χ3n) is 9.14. The van der Waals surface area contributed by atoms with Gasteiger partial charge in [0.1, 0.15) is 19.3 Å². The predicted molar refractivity (Wildman–Crippen MR) is 222 cm³/mol. The van der Waals surface area contributed by atoms with E-state index in [1.807, 2.05) is 21.1 Å². The van der Waals surface area contributed by atoms with E-state index in [2.05, 4.69) is 50.3 Å². The number of allylic oxidation sites excluding steroid dienone is 6. The van der Waals surface area contributed by atoms with Gasteiger partial charge in [-0.1, -0.05) is 147 Å². The fourth-order valence-electron chi connectivity index (χ4n) is 5.75. The van der Waals surface area contributed by atoms with Crippen LogP contribution in [0.15, 0.2) is 36.5 Å². The van der Waals surface area contributed by atoms with E-state index in [-0.39, 0.29) is 25.8 Å². The molecule has 53 heavy (non-hydrogen) atoms. The van der Waals surface area contributed by atoms with Crippen molar-refractivity contribution in [2.24, 2.45) is 0 Å². The molecule has 8 nitrogen and oxygen atoms in total. The number of esters is 1. The van der Waals surface area contributed by atoms with Gasteiger partial charge in [0.2, 0.25) is 0 Å². The molecule has 0 heterocycles. The minimum absolute atomic E-state index is 0.0224. The van der Waals surface area contributed by atoms with Gasteiger partial charge in [0, 0.05) is 13.0 Å². The zero-order valence-electron chi connectivity index (χ0n) is 35.2. The Labute approximate surface area is 327 Å². The standard InChI is InChI=1S/C44H84NO7P/c1-6-8-10-12-14-16-18-20-21-22-23-24-26-28-30-32-34-36-39-49-41-43(42-51-53(47,48)50-40-38-45(3,4)5)52-44(46)37-35-33-31-29-27-25-19-17-15-13-11-9-7-2/h11,13,17,19-21,43H,6-10,12,14-16,18,22-42H2,1-5H3/b13-11-,19-17-,21-20-. The van der Waals surface area contributed by atoms with Gasteiger partial charge in [-0.3, -0.25) is 9.36 Å². The van der Waals surface area contributed by atoms with Gasteiger partial charge in [-0.2, -0.15) is 0 Å². The van der Waals surface area contributed by atoms with Crippen LogP contribution < -0.4 is 4.89 Å². The number of carbonyl (C=O) groups excluding carboxylic acids is 1. The van der Waals surface area contributed by atoms with E-state index < -0.39 is 13.9 Å². The summed E-state index contributed by atoms with van der Waals surface area (Å²) in [4.78, 5) is 25.0. The molecule has 0 aliphatic heterocycles. The van der Waals surface area contributed by atoms with Gasteiger partial charge < -0.3 is 27.9 Å². The van der Waals surface area contributed by atoms with Crippen LogP contribution in [0.3, 0.4) is 0 Å². The highest BCUT2D eigenvalue weighted by Crippen LogP contribution is 2.38. The van der Waals surface area contributed by atoms with Crippen LogP contribution in [0.25, 0.3) is 0 Å². The molecule has 0 aromatic carbocycles. The quantitative estimate of drug-likeness (QED) is 0.0201. The topological polar surface area (TPSA) is 94.1 Å². The van der Waals surface area contributed by atoms with Gasteiger partial charge in [0.05, 0.1) is 34.4 Å². The third kappa shape index (κ3) is 41.7. The number of unbranched alkanes of at least 4 members (excludes halogenated alkanes) is 20. The van der Waals surface area contributed by atoms with Crippen molar-refractivity contribution < 1.29 is 37.3 Å². The monoisotopic (exact) mass is 770 g/mol. The molecule has 312 valence electrons. The summed E-state index contributed by atoms with van der Waals surface area (Å²) in [6.07, 6.45) is 43.0. The number of hydrogen-bond donors (Lipinski definition) is 0. The summed E-state index contributed by atoms with van der Waals surface area (Å²) in [5.41, 5.74) is 0. The van der Waals surface area contributed by atoms with Gasteiger partial charge in [0.15, 0.2) is 0 Å². The van der Waals surface area contributed by atoms with Crippen LogP contribution in [0.4, 0.5) is 0 Å². The van der Waals surface area contributed by atoms with Crippen LogP contribution >= 0.6 is 7.82 Å². The molecule has 9 heteroatoms. The molecule has 0 aliphatic rings. The number of ether oxygens (including phenoxy) is 2. The molecular weight excluding hydrogens is 685 g/mol. The summed E-state index contributed by atoms with van der Waals surface area (Å²) in [6.45, 7) is 5.32. The summed E-state index contributed by atoms with van der Waals surface area (Å²) in [7, 11) is 1.34. The molecule has 0 spiro atoms. The summed E-state index contributed by atoms with van der Waals surface area (Å²) in [5.74, 6) is -0.350. The van der Waals surface area contributed by atoms with E-state index in [4.69, 9.17) is 18.5 Å². The number of phosphoric acid groups is 1. The van der Waals surface area contributed by atoms with Crippen molar-refractivity contribution in [1.29, 1.82) is 0 Å². The Balaban J connectivity index is 4.23. The number of nitrogens with zero attached hydrogens (tertiary/aromatic N) is 1. The normalized spacial score (nSPS) is 14.2. The molecule has 0 aromatic heterocycles. The predicted octanol–water partition coefficient (Wildman–Crippen LogP) is 12.0. The minimum Gasteiger partial charge on any atom is -0.756 e. The molecule has 0 rings (SSSR count). The van der Waals surface area contributed by atoms with Crippen molar-refractivity contribution >= 4 is 13.8 Å². The van der Waals surface area contributed by atoms with Crippen molar-refractivity contribution in [3.63, 3.8) is 0 Å². The van der Waals surface area contributed by atoms with E-state index in [1.165, 1.54) is 96.3 Å². The molecule has 0 bridgehead atoms. The van der Waals surface area contributed by atoms with E-state index in [0.717, 1.165) is 64.2 Å². The second-order valence-electron chi connectivity index (χ2n) is 15.7. The molecule has 0 saturated heterocycles. The first-order valence-corrected chi connectivity index (χ1v) is 23.2. The first-order valence-electron chi connectivity index (χ1n) is 21.7. The lowest BCUT2D eigenvalue weighted by atomic mass is 10.1. The van der Waals surface area contributed by atoms with Crippen LogP contribution in [-0.2, 0) is 27.9 Å². The van der Waals surface area contributed by atoms with E-state index in [9.17, 15) is 14.3 Å². The van der Waals surface area contributed by atoms with Crippen LogP contribution in [-0.4, -0.2) is 70.7 Å². The highest BCUT2D eigenvalue weighted by atomic mass is 31.2. The second-order valence-corrected chi connectivity index (χ2v) is 17.1. The first kappa shape index (κ1) is 51.7.